The van der Waals surface area contributed by atoms with Crippen LogP contribution >= 0.6 is 0 Å². The Morgan fingerprint density at radius 2 is 1.65 bits per heavy atom. The summed E-state index contributed by atoms with van der Waals surface area (Å²) in [5.41, 5.74) is 0.799. The molecule has 1 saturated heterocycles. The quantitative estimate of drug-likeness (QED) is 0.250. The van der Waals surface area contributed by atoms with E-state index >= 15 is 0 Å². The predicted octanol–water partition coefficient (Wildman–Crippen LogP) is 2.40. The summed E-state index contributed by atoms with van der Waals surface area (Å²) in [5.74, 6) is -1.29. The molecule has 1 aliphatic rings. The fraction of sp³-hybridized carbons (Fsp3) is 0.333. The number of nitrogens with zero attached hydrogens (tertiary/aromatic N) is 2. The second-order valence-corrected chi connectivity index (χ2v) is 10.1. The molecule has 34 heavy (non-hydrogen) atoms. The van der Waals surface area contributed by atoms with Gasteiger partial charge < -0.3 is 19.5 Å². The van der Waals surface area contributed by atoms with Crippen LogP contribution in [0.25, 0.3) is 5.76 Å². The van der Waals surface area contributed by atoms with Gasteiger partial charge in [-0.15, -0.1) is 0 Å². The molecule has 0 radical (unpaired) electrons. The minimum absolute atomic E-state index is 0.0424. The molecule has 0 aliphatic carbocycles. The van der Waals surface area contributed by atoms with E-state index in [-0.39, 0.29) is 28.3 Å². The first kappa shape index (κ1) is 25.4. The Labute approximate surface area is 199 Å². The molecule has 2 aromatic rings. The first-order chi connectivity index (χ1) is 16.1. The molecule has 10 heteroatoms. The monoisotopic (exact) mass is 488 g/mol. The van der Waals surface area contributed by atoms with Crippen molar-refractivity contribution in [1.82, 2.24) is 9.21 Å². The third-order valence-electron chi connectivity index (χ3n) is 5.63. The van der Waals surface area contributed by atoms with E-state index in [0.717, 1.165) is 4.31 Å². The number of hydrogen-bond donors (Lipinski definition) is 1. The average Bonchev–Trinajstić information content (AvgIpc) is 3.08. The lowest BCUT2D eigenvalue weighted by atomic mass is 9.95. The second-order valence-electron chi connectivity index (χ2n) is 7.92. The molecule has 0 saturated carbocycles. The van der Waals surface area contributed by atoms with Crippen molar-refractivity contribution in [2.45, 2.75) is 17.4 Å². The minimum Gasteiger partial charge on any atom is -0.507 e. The van der Waals surface area contributed by atoms with E-state index in [9.17, 15) is 23.1 Å². The summed E-state index contributed by atoms with van der Waals surface area (Å²) >= 11 is 0. The Balaban J connectivity index is 2.09. The van der Waals surface area contributed by atoms with Crippen LogP contribution in [0.5, 0.6) is 5.75 Å². The molecule has 1 amide bonds. The number of amides is 1. The molecule has 182 valence electrons. The standard InChI is InChI=1S/C24H28N2O7S/c1-25(2)34(30,31)19-12-8-17(9-13-19)22(27)20-21(16-6-10-18(33-4)11-7-16)26(14-5-15-32-3)24(29)23(20)28/h6-13,21,27H,5,14-15H2,1-4H3/t21-/m0/s1. The Morgan fingerprint density at radius 1 is 1.03 bits per heavy atom. The minimum atomic E-state index is -3.66. The maximum absolute atomic E-state index is 13.0. The van der Waals surface area contributed by atoms with Crippen LogP contribution < -0.4 is 4.74 Å². The number of sulfonamides is 1. The van der Waals surface area contributed by atoms with Crippen molar-refractivity contribution >= 4 is 27.5 Å². The van der Waals surface area contributed by atoms with Gasteiger partial charge in [-0.25, -0.2) is 12.7 Å². The molecule has 0 bridgehead atoms. The van der Waals surface area contributed by atoms with E-state index in [1.807, 2.05) is 0 Å². The van der Waals surface area contributed by atoms with E-state index in [2.05, 4.69) is 0 Å². The number of likely N-dealkylation sites (tertiary alicyclic amines) is 1. The zero-order valence-corrected chi connectivity index (χ0v) is 20.3. The molecule has 2 aromatic carbocycles. The molecule has 0 aromatic heterocycles. The van der Waals surface area contributed by atoms with E-state index in [4.69, 9.17) is 9.47 Å². The van der Waals surface area contributed by atoms with Gasteiger partial charge in [-0.1, -0.05) is 12.1 Å². The number of carbonyl (C=O) groups excluding carboxylic acids is 2. The number of rotatable bonds is 9. The fourth-order valence-corrected chi connectivity index (χ4v) is 4.68. The first-order valence-electron chi connectivity index (χ1n) is 10.6. The van der Waals surface area contributed by atoms with Crippen LogP contribution in [0.4, 0.5) is 0 Å². The zero-order valence-electron chi connectivity index (χ0n) is 19.5. The summed E-state index contributed by atoms with van der Waals surface area (Å²) in [6.07, 6.45) is 0.507. The summed E-state index contributed by atoms with van der Waals surface area (Å²) in [7, 11) is 2.27. The molecule has 9 nitrogen and oxygen atoms in total. The smallest absolute Gasteiger partial charge is 0.295 e. The Bertz CT molecular complexity index is 1190. The van der Waals surface area contributed by atoms with Crippen LogP contribution in [0.1, 0.15) is 23.6 Å². The van der Waals surface area contributed by atoms with Crippen LogP contribution in [0, 0.1) is 0 Å². The van der Waals surface area contributed by atoms with E-state index in [1.54, 1.807) is 31.4 Å². The fourth-order valence-electron chi connectivity index (χ4n) is 3.77. The van der Waals surface area contributed by atoms with Gasteiger partial charge in [0.2, 0.25) is 10.0 Å². The van der Waals surface area contributed by atoms with Crippen LogP contribution in [0.3, 0.4) is 0 Å². The number of ketones is 1. The lowest BCUT2D eigenvalue weighted by Crippen LogP contribution is -2.31. The third-order valence-corrected chi connectivity index (χ3v) is 7.45. The molecule has 0 spiro atoms. The summed E-state index contributed by atoms with van der Waals surface area (Å²) in [6.45, 7) is 0.659. The number of ether oxygens (including phenoxy) is 2. The van der Waals surface area contributed by atoms with E-state index in [1.165, 1.54) is 50.4 Å². The molecule has 1 aliphatic heterocycles. The summed E-state index contributed by atoms with van der Waals surface area (Å²) in [5, 5.41) is 11.1. The van der Waals surface area contributed by atoms with Gasteiger partial charge in [0.1, 0.15) is 11.5 Å². The molecular formula is C24H28N2O7S. The third kappa shape index (κ3) is 4.84. The van der Waals surface area contributed by atoms with Gasteiger partial charge in [0.25, 0.3) is 11.7 Å². The van der Waals surface area contributed by atoms with Gasteiger partial charge >= 0.3 is 0 Å². The highest BCUT2D eigenvalue weighted by atomic mass is 32.2. The SMILES string of the molecule is COCCCN1C(=O)C(=O)C(=C(O)c2ccc(S(=O)(=O)N(C)C)cc2)[C@@H]1c1ccc(OC)cc1. The Kier molecular flexibility index (Phi) is 7.75. The number of carbonyl (C=O) groups is 2. The molecular weight excluding hydrogens is 460 g/mol. The highest BCUT2D eigenvalue weighted by Crippen LogP contribution is 2.40. The number of aliphatic hydroxyl groups excluding tert-OH is 1. The first-order valence-corrected chi connectivity index (χ1v) is 12.0. The van der Waals surface area contributed by atoms with Crippen molar-refractivity contribution in [3.8, 4) is 5.75 Å². The molecule has 1 N–H and O–H groups in total. The lowest BCUT2D eigenvalue weighted by molar-refractivity contribution is -0.140. The predicted molar refractivity (Wildman–Crippen MR) is 126 cm³/mol. The number of aliphatic hydroxyl groups is 1. The van der Waals surface area contributed by atoms with Crippen LogP contribution in [-0.4, -0.2) is 75.9 Å². The maximum atomic E-state index is 13.0. The molecule has 1 heterocycles. The average molecular weight is 489 g/mol. The number of hydrogen-bond acceptors (Lipinski definition) is 7. The highest BCUT2D eigenvalue weighted by Gasteiger charge is 2.45. The van der Waals surface area contributed by atoms with Crippen molar-refractivity contribution in [1.29, 1.82) is 0 Å². The lowest BCUT2D eigenvalue weighted by Gasteiger charge is -2.25. The summed E-state index contributed by atoms with van der Waals surface area (Å²) < 4.78 is 36.1. The topological polar surface area (TPSA) is 113 Å². The number of methoxy groups -OCH3 is 2. The van der Waals surface area contributed by atoms with Gasteiger partial charge in [0.15, 0.2) is 0 Å². The van der Waals surface area contributed by atoms with Crippen LogP contribution in [-0.2, 0) is 24.3 Å². The van der Waals surface area contributed by atoms with E-state index < -0.39 is 27.8 Å². The Morgan fingerprint density at radius 3 is 2.18 bits per heavy atom. The van der Waals surface area contributed by atoms with Crippen molar-refractivity contribution < 1.29 is 32.6 Å². The van der Waals surface area contributed by atoms with Gasteiger partial charge in [0.05, 0.1) is 23.6 Å². The number of Topliss-reactive ketones (excluding diaryl/α,β-unsaturated/α-hetero) is 1. The summed E-state index contributed by atoms with van der Waals surface area (Å²) in [4.78, 5) is 27.4. The van der Waals surface area contributed by atoms with E-state index in [0.29, 0.717) is 24.3 Å². The molecule has 1 atom stereocenters. The van der Waals surface area contributed by atoms with Gasteiger partial charge in [-0.2, -0.15) is 0 Å². The van der Waals surface area contributed by atoms with Crippen LogP contribution in [0.2, 0.25) is 0 Å². The van der Waals surface area contributed by atoms with Gasteiger partial charge in [-0.3, -0.25) is 9.59 Å². The maximum Gasteiger partial charge on any atom is 0.295 e. The molecule has 1 fully saturated rings. The van der Waals surface area contributed by atoms with Gasteiger partial charge in [-0.05, 0) is 48.4 Å². The summed E-state index contributed by atoms with van der Waals surface area (Å²) in [6, 6.07) is 11.6. The number of benzene rings is 2. The van der Waals surface area contributed by atoms with Crippen molar-refractivity contribution in [2.24, 2.45) is 0 Å². The van der Waals surface area contributed by atoms with Gasteiger partial charge in [0, 0.05) is 39.9 Å². The highest BCUT2D eigenvalue weighted by molar-refractivity contribution is 7.89. The van der Waals surface area contributed by atoms with Crippen molar-refractivity contribution in [3.05, 3.63) is 65.2 Å². The zero-order chi connectivity index (χ0) is 25.0. The van der Waals surface area contributed by atoms with Crippen molar-refractivity contribution in [3.63, 3.8) is 0 Å². The van der Waals surface area contributed by atoms with Crippen LogP contribution in [0.15, 0.2) is 59.0 Å². The molecule has 3 rings (SSSR count). The largest absolute Gasteiger partial charge is 0.507 e. The Hall–Kier alpha value is -3.21. The second kappa shape index (κ2) is 10.4. The van der Waals surface area contributed by atoms with Crippen molar-refractivity contribution in [2.75, 3.05) is 41.5 Å². The molecule has 0 unspecified atom stereocenters. The normalized spacial score (nSPS) is 18.0.